The number of hydrogen-bond acceptors (Lipinski definition) is 5. The third-order valence-corrected chi connectivity index (χ3v) is 6.89. The average molecular weight is 396 g/mol. The number of nitrogens with zero attached hydrogens (tertiary/aromatic N) is 1. The van der Waals surface area contributed by atoms with Crippen molar-refractivity contribution in [2.24, 2.45) is 0 Å². The zero-order valence-electron chi connectivity index (χ0n) is 14.8. The Labute approximate surface area is 156 Å². The summed E-state index contributed by atoms with van der Waals surface area (Å²) in [5.74, 6) is -1.49. The topological polar surface area (TPSA) is 104 Å². The largest absolute Gasteiger partial charge is 0.481 e. The first-order valence-electron chi connectivity index (χ1n) is 7.63. The third-order valence-electron chi connectivity index (χ3n) is 3.99. The van der Waals surface area contributed by atoms with Gasteiger partial charge in [-0.2, -0.15) is 0 Å². The van der Waals surface area contributed by atoms with E-state index in [1.807, 2.05) is 0 Å². The van der Waals surface area contributed by atoms with E-state index in [2.05, 4.69) is 5.32 Å². The summed E-state index contributed by atoms with van der Waals surface area (Å²) < 4.78 is 25.6. The van der Waals surface area contributed by atoms with Crippen LogP contribution in [0.2, 0.25) is 0 Å². The van der Waals surface area contributed by atoms with Crippen molar-refractivity contribution in [1.82, 2.24) is 4.31 Å². The monoisotopic (exact) mass is 396 g/mol. The third kappa shape index (κ3) is 3.79. The Morgan fingerprint density at radius 2 is 1.69 bits per heavy atom. The maximum absolute atomic E-state index is 12.5. The number of aliphatic carboxylic acids is 1. The number of carboxylic acids is 1. The number of carbonyl (C=O) groups excluding carboxylic acids is 1. The molecule has 0 saturated carbocycles. The van der Waals surface area contributed by atoms with E-state index >= 15 is 0 Å². The van der Waals surface area contributed by atoms with E-state index in [0.717, 1.165) is 15.6 Å². The Morgan fingerprint density at radius 3 is 2.19 bits per heavy atom. The van der Waals surface area contributed by atoms with Crippen molar-refractivity contribution >= 4 is 38.9 Å². The molecule has 140 valence electrons. The van der Waals surface area contributed by atoms with Crippen LogP contribution in [0.25, 0.3) is 0 Å². The lowest BCUT2D eigenvalue weighted by molar-refractivity contribution is -0.142. The molecule has 2 rings (SSSR count). The van der Waals surface area contributed by atoms with Gasteiger partial charge in [0.25, 0.3) is 5.91 Å². The second-order valence-electron chi connectivity index (χ2n) is 6.36. The van der Waals surface area contributed by atoms with Crippen LogP contribution < -0.4 is 5.32 Å². The molecule has 1 amide bonds. The van der Waals surface area contributed by atoms with Gasteiger partial charge in [-0.1, -0.05) is 12.1 Å². The predicted molar refractivity (Wildman–Crippen MR) is 100 cm³/mol. The summed E-state index contributed by atoms with van der Waals surface area (Å²) in [6.07, 6.45) is 0. The van der Waals surface area contributed by atoms with Gasteiger partial charge < -0.3 is 10.4 Å². The van der Waals surface area contributed by atoms with E-state index < -0.39 is 27.3 Å². The fourth-order valence-corrected chi connectivity index (χ4v) is 4.33. The van der Waals surface area contributed by atoms with E-state index in [0.29, 0.717) is 11.3 Å². The van der Waals surface area contributed by atoms with Crippen molar-refractivity contribution in [3.05, 3.63) is 46.2 Å². The molecule has 0 saturated heterocycles. The molecule has 0 aliphatic heterocycles. The number of rotatable bonds is 6. The summed E-state index contributed by atoms with van der Waals surface area (Å²) in [6.45, 7) is 3.18. The van der Waals surface area contributed by atoms with Crippen LogP contribution in [0.15, 0.2) is 40.6 Å². The molecule has 0 unspecified atom stereocenters. The molecule has 0 aliphatic carbocycles. The molecule has 0 radical (unpaired) electrons. The highest BCUT2D eigenvalue weighted by atomic mass is 32.2. The van der Waals surface area contributed by atoms with Crippen LogP contribution in [0, 0.1) is 0 Å². The number of hydrogen-bond donors (Lipinski definition) is 2. The van der Waals surface area contributed by atoms with Gasteiger partial charge >= 0.3 is 5.97 Å². The molecule has 0 fully saturated rings. The molecule has 26 heavy (non-hydrogen) atoms. The van der Waals surface area contributed by atoms with Gasteiger partial charge in [0.2, 0.25) is 10.0 Å². The van der Waals surface area contributed by atoms with Crippen LogP contribution in [0.1, 0.15) is 29.1 Å². The maximum Gasteiger partial charge on any atom is 0.313 e. The first-order chi connectivity index (χ1) is 12.0. The minimum absolute atomic E-state index is 0.0476. The summed E-state index contributed by atoms with van der Waals surface area (Å²) >= 11 is 1.04. The van der Waals surface area contributed by atoms with Crippen LogP contribution in [0.4, 0.5) is 5.69 Å². The number of sulfonamides is 1. The van der Waals surface area contributed by atoms with Gasteiger partial charge in [0.05, 0.1) is 5.41 Å². The molecule has 0 spiro atoms. The molecule has 0 atom stereocenters. The van der Waals surface area contributed by atoms with E-state index in [4.69, 9.17) is 0 Å². The molecule has 1 aromatic heterocycles. The molecule has 2 aromatic rings. The SMILES string of the molecule is CN(C)S(=O)(=O)c1ccsc1C(=O)Nc1ccc(C(C)(C)C(=O)O)cc1. The van der Waals surface area contributed by atoms with Crippen molar-refractivity contribution in [3.8, 4) is 0 Å². The molecule has 0 aliphatic rings. The van der Waals surface area contributed by atoms with E-state index in [1.54, 1.807) is 43.5 Å². The molecule has 0 bridgehead atoms. The summed E-state index contributed by atoms with van der Waals surface area (Å²) in [5.41, 5.74) is -0.0139. The van der Waals surface area contributed by atoms with Gasteiger partial charge in [-0.3, -0.25) is 9.59 Å². The number of thiophene rings is 1. The van der Waals surface area contributed by atoms with Gasteiger partial charge in [-0.05, 0) is 43.0 Å². The van der Waals surface area contributed by atoms with E-state index in [-0.39, 0.29) is 9.77 Å². The second-order valence-corrected chi connectivity index (χ2v) is 9.40. The van der Waals surface area contributed by atoms with Gasteiger partial charge in [-0.15, -0.1) is 11.3 Å². The standard InChI is InChI=1S/C17H20N2O5S2/c1-17(2,16(21)22)11-5-7-12(8-6-11)18-15(20)14-13(9-10-25-14)26(23,24)19(3)4/h5-10H,1-4H3,(H,18,20)(H,21,22). The molecular weight excluding hydrogens is 376 g/mol. The second kappa shape index (κ2) is 7.18. The molecule has 1 heterocycles. The molecule has 7 nitrogen and oxygen atoms in total. The van der Waals surface area contributed by atoms with Crippen molar-refractivity contribution in [3.63, 3.8) is 0 Å². The number of benzene rings is 1. The summed E-state index contributed by atoms with van der Waals surface area (Å²) in [7, 11) is -0.919. The summed E-state index contributed by atoms with van der Waals surface area (Å²) in [5, 5.41) is 13.4. The fourth-order valence-electron chi connectivity index (χ4n) is 2.14. The van der Waals surface area contributed by atoms with E-state index in [9.17, 15) is 23.1 Å². The van der Waals surface area contributed by atoms with Gasteiger partial charge in [0.15, 0.2) is 0 Å². The van der Waals surface area contributed by atoms with Crippen LogP contribution in [-0.2, 0) is 20.2 Å². The van der Waals surface area contributed by atoms with Crippen molar-refractivity contribution < 1.29 is 23.1 Å². The minimum Gasteiger partial charge on any atom is -0.481 e. The Balaban J connectivity index is 2.25. The maximum atomic E-state index is 12.5. The molecule has 1 aromatic carbocycles. The highest BCUT2D eigenvalue weighted by Gasteiger charge is 2.29. The van der Waals surface area contributed by atoms with Crippen molar-refractivity contribution in [2.45, 2.75) is 24.2 Å². The lowest BCUT2D eigenvalue weighted by atomic mass is 9.85. The Kier molecular flexibility index (Phi) is 5.55. The van der Waals surface area contributed by atoms with Crippen LogP contribution in [0.5, 0.6) is 0 Å². The smallest absolute Gasteiger partial charge is 0.313 e. The summed E-state index contributed by atoms with van der Waals surface area (Å²) in [6, 6.07) is 7.82. The van der Waals surface area contributed by atoms with Gasteiger partial charge in [-0.25, -0.2) is 12.7 Å². The zero-order valence-corrected chi connectivity index (χ0v) is 16.4. The van der Waals surface area contributed by atoms with Crippen molar-refractivity contribution in [1.29, 1.82) is 0 Å². The minimum atomic E-state index is -3.72. The molecular formula is C17H20N2O5S2. The Hall–Kier alpha value is -2.23. The number of anilines is 1. The van der Waals surface area contributed by atoms with Crippen molar-refractivity contribution in [2.75, 3.05) is 19.4 Å². The first kappa shape index (κ1) is 20.1. The van der Waals surface area contributed by atoms with Crippen LogP contribution >= 0.6 is 11.3 Å². The lowest BCUT2D eigenvalue weighted by Gasteiger charge is -2.20. The normalized spacial score (nSPS) is 12.2. The van der Waals surface area contributed by atoms with Gasteiger partial charge in [0.1, 0.15) is 9.77 Å². The Morgan fingerprint density at radius 1 is 1.12 bits per heavy atom. The highest BCUT2D eigenvalue weighted by molar-refractivity contribution is 7.89. The predicted octanol–water partition coefficient (Wildman–Crippen LogP) is 2.61. The van der Waals surface area contributed by atoms with Crippen LogP contribution in [-0.4, -0.2) is 43.8 Å². The summed E-state index contributed by atoms with van der Waals surface area (Å²) in [4.78, 5) is 23.8. The number of nitrogens with one attached hydrogen (secondary N) is 1. The first-order valence-corrected chi connectivity index (χ1v) is 9.95. The van der Waals surface area contributed by atoms with Crippen LogP contribution in [0.3, 0.4) is 0 Å². The number of carbonyl (C=O) groups is 2. The Bertz CT molecular complexity index is 928. The average Bonchev–Trinajstić information content (AvgIpc) is 3.05. The molecule has 9 heteroatoms. The lowest BCUT2D eigenvalue weighted by Crippen LogP contribution is -2.28. The number of amides is 1. The number of carboxylic acid groups (broad SMARTS) is 1. The van der Waals surface area contributed by atoms with Gasteiger partial charge in [0, 0.05) is 19.8 Å². The fraction of sp³-hybridized carbons (Fsp3) is 0.294. The highest BCUT2D eigenvalue weighted by Crippen LogP contribution is 2.27. The zero-order chi connectivity index (χ0) is 19.7. The van der Waals surface area contributed by atoms with E-state index in [1.165, 1.54) is 20.2 Å². The molecule has 2 N–H and O–H groups in total. The quantitative estimate of drug-likeness (QED) is 0.781.